The highest BCUT2D eigenvalue weighted by Crippen LogP contribution is 2.21. The van der Waals surface area contributed by atoms with Gasteiger partial charge in [-0.15, -0.1) is 0 Å². The quantitative estimate of drug-likeness (QED) is 0.496. The first kappa shape index (κ1) is 6.92. The van der Waals surface area contributed by atoms with Gasteiger partial charge in [0.05, 0.1) is 0 Å². The number of hydrogen-bond acceptors (Lipinski definition) is 1. The van der Waals surface area contributed by atoms with Crippen LogP contribution in [0.4, 0.5) is 0 Å². The van der Waals surface area contributed by atoms with Crippen molar-refractivity contribution in [1.29, 1.82) is 0 Å². The Kier molecular flexibility index (Phi) is 1.50. The number of aryl methyl sites for hydroxylation is 1. The molecule has 1 aliphatic heterocycles. The van der Waals surface area contributed by atoms with E-state index in [9.17, 15) is 0 Å². The van der Waals surface area contributed by atoms with E-state index in [1.165, 1.54) is 16.7 Å². The third kappa shape index (κ3) is 1.18. The fourth-order valence-corrected chi connectivity index (χ4v) is 1.55. The average molecular weight is 143 g/mol. The van der Waals surface area contributed by atoms with E-state index >= 15 is 0 Å². The molecule has 0 bridgehead atoms. The Morgan fingerprint density at radius 1 is 1.27 bits per heavy atom. The Bertz CT molecular complexity index is 283. The van der Waals surface area contributed by atoms with Crippen LogP contribution >= 0.6 is 0 Å². The van der Waals surface area contributed by atoms with E-state index in [2.05, 4.69) is 25.1 Å². The molecular formula is C9H10BN. The Labute approximate surface area is 68.5 Å². The first-order valence-corrected chi connectivity index (χ1v) is 3.84. The summed E-state index contributed by atoms with van der Waals surface area (Å²) in [5.74, 6) is 0. The monoisotopic (exact) mass is 143 g/mol. The molecule has 0 unspecified atom stereocenters. The lowest BCUT2D eigenvalue weighted by Crippen LogP contribution is -2.09. The van der Waals surface area contributed by atoms with Gasteiger partial charge in [0.1, 0.15) is 0 Å². The van der Waals surface area contributed by atoms with Gasteiger partial charge >= 0.3 is 0 Å². The molecule has 1 nitrogen and oxygen atoms in total. The molecule has 2 radical (unpaired) electrons. The Morgan fingerprint density at radius 3 is 2.82 bits per heavy atom. The van der Waals surface area contributed by atoms with Crippen molar-refractivity contribution >= 4 is 7.98 Å². The number of benzene rings is 1. The Morgan fingerprint density at radius 2 is 2.00 bits per heavy atom. The normalized spacial score (nSPS) is 16.8. The van der Waals surface area contributed by atoms with Crippen LogP contribution < -0.4 is 0 Å². The molecule has 2 heteroatoms. The largest absolute Gasteiger partial charge is 0.346 e. The van der Waals surface area contributed by atoms with E-state index in [0.717, 1.165) is 13.1 Å². The lowest BCUT2D eigenvalue weighted by molar-refractivity contribution is 0.488. The van der Waals surface area contributed by atoms with Gasteiger partial charge in [-0.3, -0.25) is 0 Å². The van der Waals surface area contributed by atoms with Crippen molar-refractivity contribution in [3.05, 3.63) is 34.9 Å². The third-order valence-electron chi connectivity index (χ3n) is 2.11. The molecule has 0 aromatic heterocycles. The van der Waals surface area contributed by atoms with E-state index in [0.29, 0.717) is 0 Å². The van der Waals surface area contributed by atoms with Gasteiger partial charge in [-0.25, -0.2) is 0 Å². The molecular weight excluding hydrogens is 133 g/mol. The van der Waals surface area contributed by atoms with Crippen molar-refractivity contribution in [3.8, 4) is 0 Å². The molecule has 1 aliphatic rings. The van der Waals surface area contributed by atoms with Crippen LogP contribution in [0.5, 0.6) is 0 Å². The van der Waals surface area contributed by atoms with Crippen LogP contribution in [0.1, 0.15) is 16.7 Å². The van der Waals surface area contributed by atoms with E-state index in [1.54, 1.807) is 0 Å². The maximum absolute atomic E-state index is 5.67. The molecule has 0 amide bonds. The van der Waals surface area contributed by atoms with Crippen LogP contribution in [0.25, 0.3) is 0 Å². The van der Waals surface area contributed by atoms with Gasteiger partial charge in [0.15, 0.2) is 7.98 Å². The summed E-state index contributed by atoms with van der Waals surface area (Å²) >= 11 is 0. The van der Waals surface area contributed by atoms with Gasteiger partial charge in [0, 0.05) is 13.1 Å². The predicted molar refractivity (Wildman–Crippen MR) is 46.2 cm³/mol. The van der Waals surface area contributed by atoms with Gasteiger partial charge in [-0.1, -0.05) is 23.8 Å². The molecule has 0 atom stereocenters. The summed E-state index contributed by atoms with van der Waals surface area (Å²) in [6.45, 7) is 3.91. The summed E-state index contributed by atoms with van der Waals surface area (Å²) in [6.07, 6.45) is 0. The smallest absolute Gasteiger partial charge is 0.183 e. The molecule has 0 spiro atoms. The highest BCUT2D eigenvalue weighted by Gasteiger charge is 2.13. The molecule has 11 heavy (non-hydrogen) atoms. The molecule has 0 aliphatic carbocycles. The van der Waals surface area contributed by atoms with E-state index in [1.807, 2.05) is 4.81 Å². The summed E-state index contributed by atoms with van der Waals surface area (Å²) in [6, 6.07) is 6.51. The zero-order chi connectivity index (χ0) is 7.84. The van der Waals surface area contributed by atoms with Gasteiger partial charge in [-0.05, 0) is 18.1 Å². The van der Waals surface area contributed by atoms with Crippen molar-refractivity contribution in [3.63, 3.8) is 0 Å². The molecule has 0 saturated carbocycles. The molecule has 1 aromatic carbocycles. The Balaban J connectivity index is 2.43. The SMILES string of the molecule is [B]N1Cc2ccc(C)cc2C1. The van der Waals surface area contributed by atoms with Crippen molar-refractivity contribution in [2.45, 2.75) is 20.0 Å². The van der Waals surface area contributed by atoms with Crippen LogP contribution in [0.3, 0.4) is 0 Å². The lowest BCUT2D eigenvalue weighted by atomic mass is 10.1. The van der Waals surface area contributed by atoms with E-state index < -0.39 is 0 Å². The van der Waals surface area contributed by atoms with Crippen LogP contribution in [0, 0.1) is 6.92 Å². The fourth-order valence-electron chi connectivity index (χ4n) is 1.55. The maximum Gasteiger partial charge on any atom is 0.183 e. The minimum atomic E-state index is 0.898. The number of rotatable bonds is 0. The van der Waals surface area contributed by atoms with Crippen LogP contribution in [-0.4, -0.2) is 12.8 Å². The van der Waals surface area contributed by atoms with Crippen molar-refractivity contribution < 1.29 is 0 Å². The molecule has 1 aromatic rings. The first-order valence-electron chi connectivity index (χ1n) is 3.84. The van der Waals surface area contributed by atoms with Crippen LogP contribution in [0.15, 0.2) is 18.2 Å². The maximum atomic E-state index is 5.67. The van der Waals surface area contributed by atoms with Crippen molar-refractivity contribution in [2.75, 3.05) is 0 Å². The van der Waals surface area contributed by atoms with E-state index in [-0.39, 0.29) is 0 Å². The average Bonchev–Trinajstić information content (AvgIpc) is 2.27. The summed E-state index contributed by atoms with van der Waals surface area (Å²) in [4.78, 5) is 1.84. The standard InChI is InChI=1S/C9H10BN/c1-7-2-3-8-5-11(10)6-9(8)4-7/h2-4H,5-6H2,1H3. The minimum Gasteiger partial charge on any atom is -0.346 e. The molecule has 2 rings (SSSR count). The summed E-state index contributed by atoms with van der Waals surface area (Å²) in [5.41, 5.74) is 4.07. The number of fused-ring (bicyclic) bond motifs is 1. The summed E-state index contributed by atoms with van der Waals surface area (Å²) < 4.78 is 0. The van der Waals surface area contributed by atoms with Gasteiger partial charge in [0.2, 0.25) is 0 Å². The third-order valence-corrected chi connectivity index (χ3v) is 2.11. The molecule has 0 saturated heterocycles. The second kappa shape index (κ2) is 2.38. The second-order valence-corrected chi connectivity index (χ2v) is 3.18. The molecule has 0 fully saturated rings. The van der Waals surface area contributed by atoms with Gasteiger partial charge < -0.3 is 4.81 Å². The zero-order valence-corrected chi connectivity index (χ0v) is 6.67. The zero-order valence-electron chi connectivity index (χ0n) is 6.67. The first-order chi connectivity index (χ1) is 5.25. The van der Waals surface area contributed by atoms with Gasteiger partial charge in [0.25, 0.3) is 0 Å². The predicted octanol–water partition coefficient (Wildman–Crippen LogP) is 1.39. The fraction of sp³-hybridized carbons (Fsp3) is 0.333. The van der Waals surface area contributed by atoms with Crippen molar-refractivity contribution in [1.82, 2.24) is 4.81 Å². The second-order valence-electron chi connectivity index (χ2n) is 3.18. The van der Waals surface area contributed by atoms with Crippen LogP contribution in [0.2, 0.25) is 0 Å². The lowest BCUT2D eigenvalue weighted by Gasteiger charge is -2.03. The Hall–Kier alpha value is -0.755. The topological polar surface area (TPSA) is 3.24 Å². The molecule has 1 heterocycles. The summed E-state index contributed by atoms with van der Waals surface area (Å²) in [5, 5.41) is 0. The highest BCUT2D eigenvalue weighted by molar-refractivity contribution is 6.04. The minimum absolute atomic E-state index is 0.898. The number of hydrogen-bond donors (Lipinski definition) is 0. The number of nitrogens with zero attached hydrogens (tertiary/aromatic N) is 1. The van der Waals surface area contributed by atoms with Crippen molar-refractivity contribution in [2.24, 2.45) is 0 Å². The molecule has 54 valence electrons. The molecule has 0 N–H and O–H groups in total. The summed E-state index contributed by atoms with van der Waals surface area (Å²) in [7, 11) is 5.67. The van der Waals surface area contributed by atoms with Gasteiger partial charge in [-0.2, -0.15) is 0 Å². The van der Waals surface area contributed by atoms with Crippen LogP contribution in [-0.2, 0) is 13.1 Å². The van der Waals surface area contributed by atoms with E-state index in [4.69, 9.17) is 7.98 Å². The highest BCUT2D eigenvalue weighted by atomic mass is 15.0.